The summed E-state index contributed by atoms with van der Waals surface area (Å²) >= 11 is 1.88. The van der Waals surface area contributed by atoms with Crippen LogP contribution in [0.4, 0.5) is 0 Å². The fraction of sp³-hybridized carbons (Fsp3) is 0.0196. The maximum Gasteiger partial charge on any atom is 0.160 e. The average Bonchev–Trinajstić information content (AvgIpc) is 3.54. The molecule has 0 radical (unpaired) electrons. The smallest absolute Gasteiger partial charge is 0.160 e. The van der Waals surface area contributed by atoms with Gasteiger partial charge in [-0.1, -0.05) is 188 Å². The number of nitrogens with zero attached hydrogens (tertiary/aromatic N) is 2. The molecular weight excluding hydrogens is 673 g/mol. The van der Waals surface area contributed by atoms with Crippen LogP contribution >= 0.6 is 11.8 Å². The molecule has 9 aromatic rings. The van der Waals surface area contributed by atoms with Gasteiger partial charge in [-0.3, -0.25) is 0 Å². The summed E-state index contributed by atoms with van der Waals surface area (Å²) in [6, 6.07) is 70.1. The molecule has 0 N–H and O–H groups in total. The zero-order valence-corrected chi connectivity index (χ0v) is 30.1. The van der Waals surface area contributed by atoms with Gasteiger partial charge in [0.15, 0.2) is 5.82 Å². The SMILES string of the molecule is c1ccc(-c2ccc(-c3cc(-c4ccccc4)nc(-c4ccc5c(c4)C4(c6ccccc6-c6ccccc64)c4ccc6ccccc6c4S5)n3)cc2)cc1. The third kappa shape index (κ3) is 4.68. The molecule has 8 aromatic carbocycles. The van der Waals surface area contributed by atoms with Gasteiger partial charge >= 0.3 is 0 Å². The van der Waals surface area contributed by atoms with E-state index in [-0.39, 0.29) is 0 Å². The van der Waals surface area contributed by atoms with E-state index in [1.54, 1.807) is 0 Å². The van der Waals surface area contributed by atoms with Crippen molar-refractivity contribution < 1.29 is 0 Å². The highest BCUT2D eigenvalue weighted by atomic mass is 32.2. The van der Waals surface area contributed by atoms with Gasteiger partial charge in [0, 0.05) is 26.5 Å². The normalized spacial score (nSPS) is 13.3. The maximum atomic E-state index is 5.32. The molecule has 54 heavy (non-hydrogen) atoms. The minimum Gasteiger partial charge on any atom is -0.228 e. The number of rotatable bonds is 4. The molecule has 0 saturated heterocycles. The minimum absolute atomic E-state index is 0.504. The topological polar surface area (TPSA) is 25.8 Å². The highest BCUT2D eigenvalue weighted by Gasteiger charge is 2.50. The maximum absolute atomic E-state index is 5.32. The molecule has 0 amide bonds. The standard InChI is InChI=1S/C51H32N2S/c1-3-13-33(14-4-1)34-23-25-37(26-24-34)47-32-46(36-16-5-2-6-17-36)52-50(53-47)38-28-30-48-45(31-38)51(44-29-27-35-15-7-8-18-39(35)49(44)54-48)42-21-11-9-19-40(42)41-20-10-12-22-43(41)51/h1-32H. The zero-order valence-electron chi connectivity index (χ0n) is 29.3. The van der Waals surface area contributed by atoms with Crippen molar-refractivity contribution >= 4 is 22.5 Å². The van der Waals surface area contributed by atoms with Crippen LogP contribution < -0.4 is 0 Å². The summed E-state index contributed by atoms with van der Waals surface area (Å²) < 4.78 is 0. The molecular formula is C51H32N2S. The van der Waals surface area contributed by atoms with Crippen molar-refractivity contribution in [1.82, 2.24) is 9.97 Å². The minimum atomic E-state index is -0.504. The van der Waals surface area contributed by atoms with Crippen LogP contribution in [0.15, 0.2) is 204 Å². The summed E-state index contributed by atoms with van der Waals surface area (Å²) in [5.74, 6) is 0.713. The molecule has 11 rings (SSSR count). The Balaban J connectivity index is 1.14. The van der Waals surface area contributed by atoms with E-state index in [0.717, 1.165) is 28.1 Å². The van der Waals surface area contributed by atoms with Crippen LogP contribution in [0, 0.1) is 0 Å². The summed E-state index contributed by atoms with van der Waals surface area (Å²) in [5, 5.41) is 2.55. The van der Waals surface area contributed by atoms with Gasteiger partial charge < -0.3 is 0 Å². The lowest BCUT2D eigenvalue weighted by atomic mass is 9.67. The Bertz CT molecular complexity index is 2850. The Hall–Kier alpha value is -6.55. The molecule has 0 fully saturated rings. The molecule has 0 unspecified atom stereocenters. The van der Waals surface area contributed by atoms with E-state index < -0.39 is 5.41 Å². The van der Waals surface area contributed by atoms with E-state index in [4.69, 9.17) is 9.97 Å². The van der Waals surface area contributed by atoms with E-state index in [0.29, 0.717) is 5.82 Å². The van der Waals surface area contributed by atoms with Crippen LogP contribution in [-0.2, 0) is 5.41 Å². The van der Waals surface area contributed by atoms with Crippen LogP contribution in [-0.4, -0.2) is 9.97 Å². The van der Waals surface area contributed by atoms with Crippen molar-refractivity contribution in [3.8, 4) is 56.2 Å². The third-order valence-electron chi connectivity index (χ3n) is 11.2. The number of fused-ring (bicyclic) bond motifs is 11. The Morgan fingerprint density at radius 3 is 1.61 bits per heavy atom. The Labute approximate surface area is 318 Å². The molecule has 2 nitrogen and oxygen atoms in total. The first-order valence-corrected chi connectivity index (χ1v) is 19.2. The highest BCUT2D eigenvalue weighted by molar-refractivity contribution is 7.99. The van der Waals surface area contributed by atoms with Gasteiger partial charge in [-0.25, -0.2) is 9.97 Å². The van der Waals surface area contributed by atoms with Gasteiger partial charge in [0.25, 0.3) is 0 Å². The van der Waals surface area contributed by atoms with Crippen LogP contribution in [0.3, 0.4) is 0 Å². The number of hydrogen-bond acceptors (Lipinski definition) is 3. The molecule has 1 aliphatic carbocycles. The molecule has 1 aliphatic heterocycles. The Morgan fingerprint density at radius 2 is 0.907 bits per heavy atom. The molecule has 0 saturated carbocycles. The van der Waals surface area contributed by atoms with E-state index in [9.17, 15) is 0 Å². The lowest BCUT2D eigenvalue weighted by Gasteiger charge is -2.40. The van der Waals surface area contributed by atoms with Crippen molar-refractivity contribution in [3.63, 3.8) is 0 Å². The van der Waals surface area contributed by atoms with E-state index >= 15 is 0 Å². The van der Waals surface area contributed by atoms with E-state index in [2.05, 4.69) is 188 Å². The summed E-state index contributed by atoms with van der Waals surface area (Å²) in [6.07, 6.45) is 0. The predicted molar refractivity (Wildman–Crippen MR) is 223 cm³/mol. The van der Waals surface area contributed by atoms with Crippen LogP contribution in [0.2, 0.25) is 0 Å². The second-order valence-corrected chi connectivity index (χ2v) is 15.1. The second kappa shape index (κ2) is 12.3. The fourth-order valence-electron chi connectivity index (χ4n) is 8.71. The largest absolute Gasteiger partial charge is 0.228 e. The molecule has 2 heterocycles. The van der Waals surface area contributed by atoms with Gasteiger partial charge in [-0.05, 0) is 73.5 Å². The summed E-state index contributed by atoms with van der Waals surface area (Å²) in [5.41, 5.74) is 14.6. The second-order valence-electron chi connectivity index (χ2n) is 14.1. The van der Waals surface area contributed by atoms with Crippen LogP contribution in [0.5, 0.6) is 0 Å². The number of aromatic nitrogens is 2. The summed E-state index contributed by atoms with van der Waals surface area (Å²) in [4.78, 5) is 13.2. The first-order valence-electron chi connectivity index (χ1n) is 18.4. The molecule has 1 aromatic heterocycles. The quantitative estimate of drug-likeness (QED) is 0.182. The van der Waals surface area contributed by atoms with E-state index in [1.165, 1.54) is 65.1 Å². The highest BCUT2D eigenvalue weighted by Crippen LogP contribution is 2.63. The van der Waals surface area contributed by atoms with Crippen molar-refractivity contribution in [2.45, 2.75) is 15.2 Å². The first-order chi connectivity index (χ1) is 26.8. The van der Waals surface area contributed by atoms with Crippen molar-refractivity contribution in [2.75, 3.05) is 0 Å². The molecule has 1 spiro atoms. The van der Waals surface area contributed by atoms with Crippen molar-refractivity contribution in [1.29, 1.82) is 0 Å². The van der Waals surface area contributed by atoms with Gasteiger partial charge in [0.2, 0.25) is 0 Å². The lowest BCUT2D eigenvalue weighted by molar-refractivity contribution is 0.726. The van der Waals surface area contributed by atoms with Gasteiger partial charge in [-0.2, -0.15) is 0 Å². The fourth-order valence-corrected chi connectivity index (χ4v) is 10.0. The predicted octanol–water partition coefficient (Wildman–Crippen LogP) is 13.1. The van der Waals surface area contributed by atoms with Crippen LogP contribution in [0.1, 0.15) is 22.3 Å². The van der Waals surface area contributed by atoms with Gasteiger partial charge in [0.1, 0.15) is 0 Å². The molecule has 3 heteroatoms. The first kappa shape index (κ1) is 31.0. The van der Waals surface area contributed by atoms with Crippen LogP contribution in [0.25, 0.3) is 66.9 Å². The number of hydrogen-bond donors (Lipinski definition) is 0. The van der Waals surface area contributed by atoms with E-state index in [1.807, 2.05) is 17.8 Å². The zero-order chi connectivity index (χ0) is 35.6. The monoisotopic (exact) mass is 704 g/mol. The molecule has 0 atom stereocenters. The van der Waals surface area contributed by atoms with Crippen molar-refractivity contribution in [3.05, 3.63) is 216 Å². The van der Waals surface area contributed by atoms with Gasteiger partial charge in [0.05, 0.1) is 16.8 Å². The average molecular weight is 705 g/mol. The summed E-state index contributed by atoms with van der Waals surface area (Å²) in [6.45, 7) is 0. The third-order valence-corrected chi connectivity index (χ3v) is 12.4. The Morgan fingerprint density at radius 1 is 0.370 bits per heavy atom. The molecule has 0 bridgehead atoms. The van der Waals surface area contributed by atoms with Crippen molar-refractivity contribution in [2.24, 2.45) is 0 Å². The van der Waals surface area contributed by atoms with Gasteiger partial charge in [-0.15, -0.1) is 0 Å². The molecule has 252 valence electrons. The molecule has 2 aliphatic rings. The summed E-state index contributed by atoms with van der Waals surface area (Å²) in [7, 11) is 0. The Kier molecular flexibility index (Phi) is 7.05. The lowest BCUT2D eigenvalue weighted by Crippen LogP contribution is -2.32. The number of benzene rings is 8.